The average Bonchev–Trinajstić information content (AvgIpc) is 3.19. The van der Waals surface area contributed by atoms with Gasteiger partial charge in [0.25, 0.3) is 5.56 Å². The van der Waals surface area contributed by atoms with E-state index in [1.807, 2.05) is 37.3 Å². The molecule has 3 aromatic heterocycles. The number of rotatable bonds is 4. The Morgan fingerprint density at radius 2 is 1.79 bits per heavy atom. The first-order valence-electron chi connectivity index (χ1n) is 10.5. The highest BCUT2D eigenvalue weighted by Crippen LogP contribution is 2.30. The highest BCUT2D eigenvalue weighted by atomic mass is 35.5. The Balaban J connectivity index is 1.66. The predicted molar refractivity (Wildman–Crippen MR) is 130 cm³/mol. The molecule has 33 heavy (non-hydrogen) atoms. The van der Waals surface area contributed by atoms with Gasteiger partial charge in [0.15, 0.2) is 5.65 Å². The lowest BCUT2D eigenvalue weighted by molar-refractivity contribution is -0.114. The van der Waals surface area contributed by atoms with Crippen LogP contribution in [-0.4, -0.2) is 25.1 Å². The zero-order valence-electron chi connectivity index (χ0n) is 18.0. The minimum atomic E-state index is -0.198. The lowest BCUT2D eigenvalue weighted by Crippen LogP contribution is -2.19. The smallest absolute Gasteiger partial charge is 0.266 e. The van der Waals surface area contributed by atoms with Gasteiger partial charge in [-0.1, -0.05) is 30.7 Å². The summed E-state index contributed by atoms with van der Waals surface area (Å²) in [4.78, 5) is 29.2. The number of nitrogens with one attached hydrogen (secondary N) is 1. The number of hydrogen-bond acceptors (Lipinski definition) is 4. The summed E-state index contributed by atoms with van der Waals surface area (Å²) in [5, 5.41) is 8.62. The Morgan fingerprint density at radius 1 is 1.06 bits per heavy atom. The van der Waals surface area contributed by atoms with Crippen molar-refractivity contribution in [2.24, 2.45) is 0 Å². The number of carbonyl (C=O) groups excluding carboxylic acids is 1. The molecule has 1 N–H and O–H groups in total. The third kappa shape index (κ3) is 3.66. The number of carbonyl (C=O) groups is 1. The van der Waals surface area contributed by atoms with Crippen LogP contribution >= 0.6 is 11.6 Å². The summed E-state index contributed by atoms with van der Waals surface area (Å²) >= 11 is 6.06. The van der Waals surface area contributed by atoms with Crippen LogP contribution in [0.1, 0.15) is 19.5 Å². The fraction of sp³-hybridized carbons (Fsp3) is 0.120. The Labute approximate surface area is 194 Å². The Hall–Kier alpha value is -3.97. The zero-order valence-corrected chi connectivity index (χ0v) is 18.8. The Morgan fingerprint density at radius 3 is 2.45 bits per heavy atom. The number of anilines is 1. The van der Waals surface area contributed by atoms with E-state index in [0.29, 0.717) is 32.9 Å². The maximum atomic E-state index is 13.3. The van der Waals surface area contributed by atoms with E-state index in [9.17, 15) is 9.59 Å². The summed E-state index contributed by atoms with van der Waals surface area (Å²) in [6.07, 6.45) is 4.06. The van der Waals surface area contributed by atoms with Gasteiger partial charge in [0, 0.05) is 41.3 Å². The minimum Gasteiger partial charge on any atom is -0.326 e. The number of hydrogen-bond donors (Lipinski definition) is 1. The van der Waals surface area contributed by atoms with Crippen molar-refractivity contribution in [1.29, 1.82) is 0 Å². The number of amides is 1. The van der Waals surface area contributed by atoms with Crippen molar-refractivity contribution < 1.29 is 4.79 Å². The zero-order chi connectivity index (χ0) is 23.1. The largest absolute Gasteiger partial charge is 0.326 e. The third-order valence-corrected chi connectivity index (χ3v) is 5.77. The van der Waals surface area contributed by atoms with E-state index in [-0.39, 0.29) is 11.5 Å². The lowest BCUT2D eigenvalue weighted by atomic mass is 10.0. The number of fused-ring (bicyclic) bond motifs is 3. The summed E-state index contributed by atoms with van der Waals surface area (Å²) in [5.74, 6) is -0.149. The Kier molecular flexibility index (Phi) is 5.18. The summed E-state index contributed by atoms with van der Waals surface area (Å²) in [5.41, 5.74) is 5.35. The second-order valence-corrected chi connectivity index (χ2v) is 8.13. The van der Waals surface area contributed by atoms with Crippen LogP contribution in [0.3, 0.4) is 0 Å². The van der Waals surface area contributed by atoms with E-state index in [0.717, 1.165) is 23.2 Å². The molecule has 0 aliphatic rings. The molecule has 0 unspecified atom stereocenters. The number of benzene rings is 2. The van der Waals surface area contributed by atoms with Crippen LogP contribution in [0, 0.1) is 0 Å². The second-order valence-electron chi connectivity index (χ2n) is 7.69. The van der Waals surface area contributed by atoms with Gasteiger partial charge in [0.2, 0.25) is 5.91 Å². The molecule has 2 aromatic carbocycles. The lowest BCUT2D eigenvalue weighted by Gasteiger charge is -2.09. The molecule has 164 valence electrons. The van der Waals surface area contributed by atoms with Crippen LogP contribution in [0.15, 0.2) is 71.8 Å². The maximum absolute atomic E-state index is 13.3. The maximum Gasteiger partial charge on any atom is 0.266 e. The van der Waals surface area contributed by atoms with Crippen LogP contribution < -0.4 is 10.9 Å². The average molecular weight is 458 g/mol. The standard InChI is InChI=1S/C25H20ClN5O2/c1-3-21-23(16-4-6-17(26)7-5-16)24-27-14-20-22(31(24)29-21)12-13-30(25(20)33)19-10-8-18(9-11-19)28-15(2)32/h4-14H,3H2,1-2H3,(H,28,32). The van der Waals surface area contributed by atoms with Gasteiger partial charge in [0.05, 0.1) is 16.6 Å². The van der Waals surface area contributed by atoms with Crippen LogP contribution in [0.5, 0.6) is 0 Å². The highest BCUT2D eigenvalue weighted by Gasteiger charge is 2.18. The van der Waals surface area contributed by atoms with E-state index in [4.69, 9.17) is 16.7 Å². The summed E-state index contributed by atoms with van der Waals surface area (Å²) in [6.45, 7) is 3.49. The molecule has 0 fully saturated rings. The van der Waals surface area contributed by atoms with Crippen molar-refractivity contribution in [3.05, 3.63) is 88.1 Å². The van der Waals surface area contributed by atoms with E-state index in [1.54, 1.807) is 45.7 Å². The molecular weight excluding hydrogens is 438 g/mol. The molecule has 0 bridgehead atoms. The van der Waals surface area contributed by atoms with Gasteiger partial charge in [-0.3, -0.25) is 14.2 Å². The molecule has 0 saturated carbocycles. The van der Waals surface area contributed by atoms with Gasteiger partial charge >= 0.3 is 0 Å². The van der Waals surface area contributed by atoms with Crippen LogP contribution in [0.2, 0.25) is 5.02 Å². The van der Waals surface area contributed by atoms with Gasteiger partial charge in [0.1, 0.15) is 0 Å². The fourth-order valence-electron chi connectivity index (χ4n) is 3.99. The fourth-order valence-corrected chi connectivity index (χ4v) is 4.11. The van der Waals surface area contributed by atoms with Crippen molar-refractivity contribution >= 4 is 39.7 Å². The summed E-state index contributed by atoms with van der Waals surface area (Å²) in [6, 6.07) is 16.5. The quantitative estimate of drug-likeness (QED) is 0.417. The van der Waals surface area contributed by atoms with Crippen molar-refractivity contribution in [2.45, 2.75) is 20.3 Å². The molecule has 0 radical (unpaired) electrons. The number of aryl methyl sites for hydroxylation is 1. The van der Waals surface area contributed by atoms with Gasteiger partial charge in [-0.2, -0.15) is 5.10 Å². The van der Waals surface area contributed by atoms with Gasteiger partial charge < -0.3 is 5.32 Å². The topological polar surface area (TPSA) is 81.3 Å². The molecule has 0 aliphatic carbocycles. The van der Waals surface area contributed by atoms with Crippen molar-refractivity contribution in [3.63, 3.8) is 0 Å². The van der Waals surface area contributed by atoms with E-state index < -0.39 is 0 Å². The SMILES string of the molecule is CCc1nn2c(ncc3c(=O)n(-c4ccc(NC(C)=O)cc4)ccc32)c1-c1ccc(Cl)cc1. The first-order valence-corrected chi connectivity index (χ1v) is 10.9. The summed E-state index contributed by atoms with van der Waals surface area (Å²) in [7, 11) is 0. The number of aromatic nitrogens is 4. The molecule has 7 nitrogen and oxygen atoms in total. The molecule has 0 saturated heterocycles. The minimum absolute atomic E-state index is 0.149. The second kappa shape index (κ2) is 8.18. The number of pyridine rings is 1. The van der Waals surface area contributed by atoms with Crippen LogP contribution in [-0.2, 0) is 11.2 Å². The van der Waals surface area contributed by atoms with Crippen molar-refractivity contribution in [2.75, 3.05) is 5.32 Å². The van der Waals surface area contributed by atoms with Crippen LogP contribution in [0.4, 0.5) is 5.69 Å². The van der Waals surface area contributed by atoms with Gasteiger partial charge in [-0.15, -0.1) is 0 Å². The number of halogens is 1. The molecule has 5 rings (SSSR count). The van der Waals surface area contributed by atoms with Crippen LogP contribution in [0.25, 0.3) is 33.4 Å². The van der Waals surface area contributed by atoms with E-state index in [1.165, 1.54) is 6.92 Å². The molecular formula is C25H20ClN5O2. The van der Waals surface area contributed by atoms with E-state index in [2.05, 4.69) is 10.3 Å². The molecule has 5 aromatic rings. The third-order valence-electron chi connectivity index (χ3n) is 5.52. The van der Waals surface area contributed by atoms with Crippen molar-refractivity contribution in [3.8, 4) is 16.8 Å². The molecule has 3 heterocycles. The highest BCUT2D eigenvalue weighted by molar-refractivity contribution is 6.30. The molecule has 0 spiro atoms. The Bertz CT molecular complexity index is 1570. The predicted octanol–water partition coefficient (Wildman–Crippen LogP) is 4.87. The molecule has 0 atom stereocenters. The van der Waals surface area contributed by atoms with Crippen molar-refractivity contribution in [1.82, 2.24) is 19.2 Å². The van der Waals surface area contributed by atoms with Gasteiger partial charge in [-0.25, -0.2) is 9.50 Å². The summed E-state index contributed by atoms with van der Waals surface area (Å²) < 4.78 is 3.29. The first kappa shape index (κ1) is 20.9. The van der Waals surface area contributed by atoms with E-state index >= 15 is 0 Å². The van der Waals surface area contributed by atoms with Gasteiger partial charge in [-0.05, 0) is 54.4 Å². The molecule has 1 amide bonds. The molecule has 8 heteroatoms. The monoisotopic (exact) mass is 457 g/mol. The molecule has 0 aliphatic heterocycles. The number of nitrogens with zero attached hydrogens (tertiary/aromatic N) is 4. The normalized spacial score (nSPS) is 11.2. The first-order chi connectivity index (χ1) is 16.0.